The molecular formula is C8H11IN2O3. The van der Waals surface area contributed by atoms with Crippen molar-refractivity contribution in [1.29, 1.82) is 0 Å². The molecule has 0 aromatic carbocycles. The van der Waals surface area contributed by atoms with Crippen molar-refractivity contribution >= 4 is 22.6 Å². The van der Waals surface area contributed by atoms with E-state index in [0.717, 1.165) is 3.70 Å². The van der Waals surface area contributed by atoms with E-state index < -0.39 is 0 Å². The Kier molecular flexibility index (Phi) is 4.88. The van der Waals surface area contributed by atoms with E-state index in [9.17, 15) is 0 Å². The lowest BCUT2D eigenvalue weighted by molar-refractivity contribution is 0.140. The van der Waals surface area contributed by atoms with Crippen molar-refractivity contribution in [2.45, 2.75) is 0 Å². The monoisotopic (exact) mass is 310 g/mol. The Morgan fingerprint density at radius 1 is 1.29 bits per heavy atom. The van der Waals surface area contributed by atoms with E-state index >= 15 is 0 Å². The molecule has 0 bridgehead atoms. The number of ether oxygens (including phenoxy) is 3. The van der Waals surface area contributed by atoms with Gasteiger partial charge in [0, 0.05) is 13.2 Å². The van der Waals surface area contributed by atoms with Crippen molar-refractivity contribution in [2.75, 3.05) is 27.4 Å². The fourth-order valence-electron chi connectivity index (χ4n) is 0.809. The van der Waals surface area contributed by atoms with Crippen LogP contribution >= 0.6 is 22.6 Å². The van der Waals surface area contributed by atoms with E-state index in [0.29, 0.717) is 24.8 Å². The first-order valence-corrected chi connectivity index (χ1v) is 5.04. The molecule has 0 fully saturated rings. The molecule has 14 heavy (non-hydrogen) atoms. The van der Waals surface area contributed by atoms with Crippen LogP contribution < -0.4 is 9.47 Å². The van der Waals surface area contributed by atoms with Gasteiger partial charge >= 0.3 is 0 Å². The fourth-order valence-corrected chi connectivity index (χ4v) is 1.20. The predicted molar refractivity (Wildman–Crippen MR) is 58.7 cm³/mol. The second kappa shape index (κ2) is 5.97. The molecule has 0 N–H and O–H groups in total. The second-order valence-electron chi connectivity index (χ2n) is 2.38. The van der Waals surface area contributed by atoms with Gasteiger partial charge in [0.25, 0.3) is 5.88 Å². The highest BCUT2D eigenvalue weighted by Crippen LogP contribution is 2.23. The number of hydrogen-bond donors (Lipinski definition) is 0. The van der Waals surface area contributed by atoms with Crippen LogP contribution in [0.1, 0.15) is 0 Å². The third-order valence-corrected chi connectivity index (χ3v) is 1.97. The SMILES string of the molecule is COCCOc1nnc(I)cc1OC. The molecule has 0 atom stereocenters. The van der Waals surface area contributed by atoms with Gasteiger partial charge in [0.1, 0.15) is 10.3 Å². The normalized spacial score (nSPS) is 9.93. The standard InChI is InChI=1S/C8H11IN2O3/c1-12-3-4-14-8-6(13-2)5-7(9)10-11-8/h5H,3-4H2,1-2H3. The summed E-state index contributed by atoms with van der Waals surface area (Å²) in [7, 11) is 3.18. The summed E-state index contributed by atoms with van der Waals surface area (Å²) in [6.07, 6.45) is 0. The molecular weight excluding hydrogens is 299 g/mol. The highest BCUT2D eigenvalue weighted by atomic mass is 127. The van der Waals surface area contributed by atoms with E-state index in [-0.39, 0.29) is 0 Å². The zero-order chi connectivity index (χ0) is 10.4. The van der Waals surface area contributed by atoms with Crippen LogP contribution in [0.2, 0.25) is 0 Å². The lowest BCUT2D eigenvalue weighted by Gasteiger charge is -2.07. The Labute approximate surface area is 95.9 Å². The van der Waals surface area contributed by atoms with Crippen LogP contribution in [0.25, 0.3) is 0 Å². The van der Waals surface area contributed by atoms with Gasteiger partial charge < -0.3 is 14.2 Å². The molecule has 0 radical (unpaired) electrons. The van der Waals surface area contributed by atoms with Crippen LogP contribution in [-0.2, 0) is 4.74 Å². The topological polar surface area (TPSA) is 53.5 Å². The first-order chi connectivity index (χ1) is 6.77. The maximum absolute atomic E-state index is 5.30. The molecule has 1 aromatic rings. The van der Waals surface area contributed by atoms with E-state index in [1.54, 1.807) is 20.3 Å². The number of methoxy groups -OCH3 is 2. The minimum Gasteiger partial charge on any atom is -0.491 e. The summed E-state index contributed by atoms with van der Waals surface area (Å²) < 4.78 is 16.0. The Hall–Kier alpha value is -0.630. The number of rotatable bonds is 5. The zero-order valence-corrected chi connectivity index (χ0v) is 10.1. The van der Waals surface area contributed by atoms with Crippen molar-refractivity contribution in [2.24, 2.45) is 0 Å². The van der Waals surface area contributed by atoms with Gasteiger partial charge in [0.15, 0.2) is 5.75 Å². The van der Waals surface area contributed by atoms with E-state index in [2.05, 4.69) is 32.8 Å². The van der Waals surface area contributed by atoms with Gasteiger partial charge in [-0.25, -0.2) is 0 Å². The third-order valence-electron chi connectivity index (χ3n) is 1.44. The smallest absolute Gasteiger partial charge is 0.276 e. The lowest BCUT2D eigenvalue weighted by atomic mass is 10.5. The Morgan fingerprint density at radius 3 is 2.71 bits per heavy atom. The molecule has 6 heteroatoms. The van der Waals surface area contributed by atoms with Crippen LogP contribution in [-0.4, -0.2) is 37.6 Å². The summed E-state index contributed by atoms with van der Waals surface area (Å²) in [6.45, 7) is 0.943. The number of hydrogen-bond acceptors (Lipinski definition) is 5. The maximum Gasteiger partial charge on any atom is 0.276 e. The van der Waals surface area contributed by atoms with Crippen LogP contribution in [0, 0.1) is 3.70 Å². The first-order valence-electron chi connectivity index (χ1n) is 3.97. The van der Waals surface area contributed by atoms with Crippen LogP contribution in [0.3, 0.4) is 0 Å². The fraction of sp³-hybridized carbons (Fsp3) is 0.500. The number of halogens is 1. The predicted octanol–water partition coefficient (Wildman–Crippen LogP) is 1.12. The molecule has 0 amide bonds. The summed E-state index contributed by atoms with van der Waals surface area (Å²) >= 11 is 2.06. The average Bonchev–Trinajstić information content (AvgIpc) is 2.20. The van der Waals surface area contributed by atoms with Crippen molar-refractivity contribution in [3.63, 3.8) is 0 Å². The minimum atomic E-state index is 0.393. The second-order valence-corrected chi connectivity index (χ2v) is 3.49. The van der Waals surface area contributed by atoms with Crippen molar-refractivity contribution in [3.05, 3.63) is 9.77 Å². The molecule has 0 saturated heterocycles. The van der Waals surface area contributed by atoms with Gasteiger partial charge in [-0.15, -0.1) is 10.2 Å². The summed E-state index contributed by atoms with van der Waals surface area (Å²) in [6, 6.07) is 1.76. The molecule has 0 aliphatic heterocycles. The average molecular weight is 310 g/mol. The Morgan fingerprint density at radius 2 is 2.07 bits per heavy atom. The summed E-state index contributed by atoms with van der Waals surface area (Å²) in [4.78, 5) is 0. The van der Waals surface area contributed by atoms with Gasteiger partial charge in [0.2, 0.25) is 0 Å². The van der Waals surface area contributed by atoms with E-state index in [1.807, 2.05) is 0 Å². The zero-order valence-electron chi connectivity index (χ0n) is 7.99. The van der Waals surface area contributed by atoms with Crippen LogP contribution in [0.15, 0.2) is 6.07 Å². The minimum absolute atomic E-state index is 0.393. The lowest BCUT2D eigenvalue weighted by Crippen LogP contribution is -2.07. The quantitative estimate of drug-likeness (QED) is 0.602. The van der Waals surface area contributed by atoms with Crippen LogP contribution in [0.5, 0.6) is 11.6 Å². The molecule has 0 spiro atoms. The molecule has 1 heterocycles. The largest absolute Gasteiger partial charge is 0.491 e. The van der Waals surface area contributed by atoms with Crippen molar-refractivity contribution < 1.29 is 14.2 Å². The summed E-state index contributed by atoms with van der Waals surface area (Å²) in [5.41, 5.74) is 0. The molecule has 0 aliphatic rings. The maximum atomic E-state index is 5.30. The van der Waals surface area contributed by atoms with Gasteiger partial charge in [-0.3, -0.25) is 0 Å². The molecule has 0 aliphatic carbocycles. The first kappa shape index (κ1) is 11.4. The third kappa shape index (κ3) is 3.26. The summed E-state index contributed by atoms with van der Waals surface area (Å²) in [5.74, 6) is 0.977. The molecule has 0 unspecified atom stereocenters. The molecule has 1 aromatic heterocycles. The number of aromatic nitrogens is 2. The number of nitrogens with zero attached hydrogens (tertiary/aromatic N) is 2. The Balaban J connectivity index is 2.65. The van der Waals surface area contributed by atoms with Gasteiger partial charge in [-0.05, 0) is 22.6 Å². The van der Waals surface area contributed by atoms with E-state index in [1.165, 1.54) is 0 Å². The van der Waals surface area contributed by atoms with Gasteiger partial charge in [-0.1, -0.05) is 0 Å². The highest BCUT2D eigenvalue weighted by Gasteiger charge is 2.07. The molecule has 1 rings (SSSR count). The van der Waals surface area contributed by atoms with E-state index in [4.69, 9.17) is 14.2 Å². The van der Waals surface area contributed by atoms with Crippen molar-refractivity contribution in [3.8, 4) is 11.6 Å². The summed E-state index contributed by atoms with van der Waals surface area (Å²) in [5, 5.41) is 7.72. The van der Waals surface area contributed by atoms with Crippen molar-refractivity contribution in [1.82, 2.24) is 10.2 Å². The Bertz CT molecular complexity index is 296. The van der Waals surface area contributed by atoms with Gasteiger partial charge in [0.05, 0.1) is 13.7 Å². The molecule has 5 nitrogen and oxygen atoms in total. The molecule has 0 saturated carbocycles. The van der Waals surface area contributed by atoms with Gasteiger partial charge in [-0.2, -0.15) is 0 Å². The highest BCUT2D eigenvalue weighted by molar-refractivity contribution is 14.1. The molecule has 78 valence electrons. The van der Waals surface area contributed by atoms with Crippen LogP contribution in [0.4, 0.5) is 0 Å².